The van der Waals surface area contributed by atoms with Gasteiger partial charge in [-0.1, -0.05) is 24.3 Å². The molecule has 0 bridgehead atoms. The number of pyridine rings is 1. The van der Waals surface area contributed by atoms with Gasteiger partial charge in [0.2, 0.25) is 0 Å². The van der Waals surface area contributed by atoms with Crippen molar-refractivity contribution in [3.63, 3.8) is 0 Å². The van der Waals surface area contributed by atoms with Crippen molar-refractivity contribution in [1.82, 2.24) is 4.98 Å². The number of hydrogen-bond acceptors (Lipinski definition) is 3. The Morgan fingerprint density at radius 3 is 2.48 bits per heavy atom. The molecular formula is C18H14FN3O. The second-order valence-corrected chi connectivity index (χ2v) is 4.86. The summed E-state index contributed by atoms with van der Waals surface area (Å²) in [5.74, 6) is -0.282. The minimum Gasteiger partial charge on any atom is -0.339 e. The van der Waals surface area contributed by atoms with Crippen molar-refractivity contribution in [3.05, 3.63) is 84.3 Å². The third kappa shape index (κ3) is 3.71. The molecule has 0 radical (unpaired) electrons. The molecule has 5 heteroatoms. The first-order chi connectivity index (χ1) is 11.2. The number of aromatic nitrogens is 1. The number of carbonyl (C=O) groups is 1. The maximum Gasteiger partial charge on any atom is 0.259 e. The number of carbonyl (C=O) groups excluding carboxylic acids is 1. The zero-order valence-corrected chi connectivity index (χ0v) is 12.2. The summed E-state index contributed by atoms with van der Waals surface area (Å²) in [6.07, 6.45) is 1.57. The Hall–Kier alpha value is -3.21. The molecule has 1 amide bonds. The second kappa shape index (κ2) is 6.70. The van der Waals surface area contributed by atoms with E-state index in [2.05, 4.69) is 15.6 Å². The van der Waals surface area contributed by atoms with Crippen LogP contribution in [0.4, 0.5) is 21.6 Å². The normalized spacial score (nSPS) is 10.1. The van der Waals surface area contributed by atoms with Crippen LogP contribution in [0.3, 0.4) is 0 Å². The van der Waals surface area contributed by atoms with E-state index >= 15 is 0 Å². The average molecular weight is 307 g/mol. The van der Waals surface area contributed by atoms with Gasteiger partial charge in [-0.15, -0.1) is 0 Å². The van der Waals surface area contributed by atoms with Crippen molar-refractivity contribution in [2.45, 2.75) is 0 Å². The van der Waals surface area contributed by atoms with Crippen LogP contribution in [0.5, 0.6) is 0 Å². The Bertz CT molecular complexity index is 821. The van der Waals surface area contributed by atoms with Gasteiger partial charge in [0.15, 0.2) is 0 Å². The molecule has 1 aromatic heterocycles. The maximum atomic E-state index is 13.3. The van der Waals surface area contributed by atoms with Gasteiger partial charge < -0.3 is 10.6 Å². The molecule has 0 aliphatic heterocycles. The highest BCUT2D eigenvalue weighted by atomic mass is 19.1. The largest absolute Gasteiger partial charge is 0.339 e. The number of amides is 1. The third-order valence-electron chi connectivity index (χ3n) is 3.17. The van der Waals surface area contributed by atoms with E-state index in [0.29, 0.717) is 22.8 Å². The van der Waals surface area contributed by atoms with Gasteiger partial charge in [0.1, 0.15) is 11.6 Å². The van der Waals surface area contributed by atoms with Crippen LogP contribution >= 0.6 is 0 Å². The molecule has 0 saturated carbocycles. The molecule has 3 rings (SSSR count). The summed E-state index contributed by atoms with van der Waals surface area (Å²) in [6.45, 7) is 0. The van der Waals surface area contributed by atoms with Gasteiger partial charge in [0.05, 0.1) is 5.56 Å². The van der Waals surface area contributed by atoms with E-state index < -0.39 is 0 Å². The van der Waals surface area contributed by atoms with Crippen LogP contribution in [0.1, 0.15) is 10.4 Å². The second-order valence-electron chi connectivity index (χ2n) is 4.86. The zero-order chi connectivity index (χ0) is 16.1. The van der Waals surface area contributed by atoms with Gasteiger partial charge in [-0.3, -0.25) is 4.79 Å². The molecule has 2 aromatic carbocycles. The Kier molecular flexibility index (Phi) is 4.29. The summed E-state index contributed by atoms with van der Waals surface area (Å²) in [5, 5.41) is 5.77. The lowest BCUT2D eigenvalue weighted by molar-refractivity contribution is 0.102. The number of nitrogens with one attached hydrogen (secondary N) is 2. The van der Waals surface area contributed by atoms with Crippen molar-refractivity contribution >= 4 is 23.1 Å². The van der Waals surface area contributed by atoms with E-state index in [1.807, 2.05) is 18.2 Å². The number of halogens is 1. The fraction of sp³-hybridized carbons (Fsp3) is 0. The van der Waals surface area contributed by atoms with Gasteiger partial charge in [-0.25, -0.2) is 9.37 Å². The van der Waals surface area contributed by atoms with Crippen LogP contribution in [0.25, 0.3) is 0 Å². The van der Waals surface area contributed by atoms with E-state index in [9.17, 15) is 9.18 Å². The lowest BCUT2D eigenvalue weighted by Crippen LogP contribution is -2.14. The molecule has 0 spiro atoms. The first kappa shape index (κ1) is 14.7. The number of benzene rings is 2. The molecular weight excluding hydrogens is 293 g/mol. The molecule has 0 aliphatic rings. The summed E-state index contributed by atoms with van der Waals surface area (Å²) in [4.78, 5) is 16.6. The van der Waals surface area contributed by atoms with Crippen molar-refractivity contribution in [2.75, 3.05) is 10.6 Å². The molecule has 2 N–H and O–H groups in total. The van der Waals surface area contributed by atoms with Crippen molar-refractivity contribution in [2.24, 2.45) is 0 Å². The smallest absolute Gasteiger partial charge is 0.259 e. The van der Waals surface area contributed by atoms with E-state index in [0.717, 1.165) is 0 Å². The van der Waals surface area contributed by atoms with Crippen molar-refractivity contribution < 1.29 is 9.18 Å². The topological polar surface area (TPSA) is 54.0 Å². The van der Waals surface area contributed by atoms with E-state index in [1.165, 1.54) is 12.1 Å². The quantitative estimate of drug-likeness (QED) is 0.759. The average Bonchev–Trinajstić information content (AvgIpc) is 2.56. The molecule has 0 saturated heterocycles. The highest BCUT2D eigenvalue weighted by Crippen LogP contribution is 2.20. The SMILES string of the molecule is O=C(Nc1ccccc1)c1cccnc1Nc1cccc(F)c1. The lowest BCUT2D eigenvalue weighted by Gasteiger charge is -2.11. The Labute approximate surface area is 133 Å². The number of para-hydroxylation sites is 1. The predicted octanol–water partition coefficient (Wildman–Crippen LogP) is 4.22. The number of anilines is 3. The fourth-order valence-electron chi connectivity index (χ4n) is 2.11. The highest BCUT2D eigenvalue weighted by molar-refractivity contribution is 6.07. The molecule has 0 fully saturated rings. The fourth-order valence-corrected chi connectivity index (χ4v) is 2.11. The van der Waals surface area contributed by atoms with Gasteiger partial charge in [-0.2, -0.15) is 0 Å². The number of nitrogens with zero attached hydrogens (tertiary/aromatic N) is 1. The molecule has 3 aromatic rings. The van der Waals surface area contributed by atoms with Crippen LogP contribution in [0.15, 0.2) is 72.9 Å². The Morgan fingerprint density at radius 2 is 1.70 bits per heavy atom. The lowest BCUT2D eigenvalue weighted by atomic mass is 10.2. The summed E-state index contributed by atoms with van der Waals surface area (Å²) in [6, 6.07) is 18.5. The van der Waals surface area contributed by atoms with Crippen molar-refractivity contribution in [1.29, 1.82) is 0 Å². The van der Waals surface area contributed by atoms with Gasteiger partial charge >= 0.3 is 0 Å². The maximum absolute atomic E-state index is 13.3. The summed E-state index contributed by atoms with van der Waals surface area (Å²) in [5.41, 5.74) is 1.59. The first-order valence-corrected chi connectivity index (χ1v) is 7.06. The van der Waals surface area contributed by atoms with Crippen LogP contribution in [-0.4, -0.2) is 10.9 Å². The predicted molar refractivity (Wildman–Crippen MR) is 88.3 cm³/mol. The Morgan fingerprint density at radius 1 is 0.913 bits per heavy atom. The van der Waals surface area contributed by atoms with Crippen LogP contribution in [0, 0.1) is 5.82 Å². The van der Waals surface area contributed by atoms with Crippen LogP contribution in [-0.2, 0) is 0 Å². The van der Waals surface area contributed by atoms with E-state index in [-0.39, 0.29) is 11.7 Å². The van der Waals surface area contributed by atoms with E-state index in [4.69, 9.17) is 0 Å². The number of rotatable bonds is 4. The summed E-state index contributed by atoms with van der Waals surface area (Å²) >= 11 is 0. The first-order valence-electron chi connectivity index (χ1n) is 7.06. The molecule has 0 atom stereocenters. The van der Waals surface area contributed by atoms with Crippen molar-refractivity contribution in [3.8, 4) is 0 Å². The molecule has 0 unspecified atom stereocenters. The van der Waals surface area contributed by atoms with Gasteiger partial charge in [0.25, 0.3) is 5.91 Å². The highest BCUT2D eigenvalue weighted by Gasteiger charge is 2.12. The molecule has 0 aliphatic carbocycles. The zero-order valence-electron chi connectivity index (χ0n) is 12.2. The number of hydrogen-bond donors (Lipinski definition) is 2. The third-order valence-corrected chi connectivity index (χ3v) is 3.17. The van der Waals surface area contributed by atoms with Gasteiger partial charge in [-0.05, 0) is 42.5 Å². The molecule has 23 heavy (non-hydrogen) atoms. The summed E-state index contributed by atoms with van der Waals surface area (Å²) < 4.78 is 13.3. The van der Waals surface area contributed by atoms with E-state index in [1.54, 1.807) is 42.6 Å². The standard InChI is InChI=1S/C18H14FN3O/c19-13-6-4-9-15(12-13)21-17-16(10-5-11-20-17)18(23)22-14-7-2-1-3-8-14/h1-12H,(H,20,21)(H,22,23). The summed E-state index contributed by atoms with van der Waals surface area (Å²) in [7, 11) is 0. The molecule has 1 heterocycles. The monoisotopic (exact) mass is 307 g/mol. The minimum absolute atomic E-state index is 0.289. The molecule has 4 nitrogen and oxygen atoms in total. The molecule has 114 valence electrons. The van der Waals surface area contributed by atoms with Gasteiger partial charge in [0, 0.05) is 17.6 Å². The van der Waals surface area contributed by atoms with Crippen LogP contribution < -0.4 is 10.6 Å². The van der Waals surface area contributed by atoms with Crippen LogP contribution in [0.2, 0.25) is 0 Å². The minimum atomic E-state index is -0.360. The Balaban J connectivity index is 1.84.